The molecule has 0 unspecified atom stereocenters. The number of guanidine groups is 1. The van der Waals surface area contributed by atoms with Crippen LogP contribution in [0.4, 0.5) is 5.69 Å². The molecule has 0 aliphatic carbocycles. The highest BCUT2D eigenvalue weighted by atomic mass is 35.5. The first kappa shape index (κ1) is 14.4. The van der Waals surface area contributed by atoms with Crippen LogP contribution in [0, 0.1) is 5.92 Å². The zero-order valence-electron chi connectivity index (χ0n) is 10.4. The Morgan fingerprint density at radius 1 is 1.32 bits per heavy atom. The smallest absolute Gasteiger partial charge is 0.267 e. The van der Waals surface area contributed by atoms with Gasteiger partial charge in [0, 0.05) is 11.6 Å². The van der Waals surface area contributed by atoms with Gasteiger partial charge in [0.05, 0.1) is 10.7 Å². The molecule has 0 spiro atoms. The first-order valence-corrected chi connectivity index (χ1v) is 7.87. The second kappa shape index (κ2) is 5.19. The summed E-state index contributed by atoms with van der Waals surface area (Å²) in [4.78, 5) is 4.15. The van der Waals surface area contributed by atoms with Crippen molar-refractivity contribution in [1.82, 2.24) is 4.72 Å². The third-order valence-electron chi connectivity index (χ3n) is 2.38. The molecule has 1 aromatic rings. The normalized spacial score (nSPS) is 18.9. The summed E-state index contributed by atoms with van der Waals surface area (Å²) in [7, 11) is -3.72. The van der Waals surface area contributed by atoms with Gasteiger partial charge in [-0.2, -0.15) is 0 Å². The molecular weight excluding hydrogens is 309 g/mol. The van der Waals surface area contributed by atoms with Gasteiger partial charge in [0.2, 0.25) is 5.96 Å². The van der Waals surface area contributed by atoms with Crippen molar-refractivity contribution in [2.45, 2.75) is 18.7 Å². The third-order valence-corrected chi connectivity index (χ3v) is 4.44. The van der Waals surface area contributed by atoms with Crippen molar-refractivity contribution < 1.29 is 8.42 Å². The molecule has 1 aliphatic heterocycles. The largest absolute Gasteiger partial charge is 0.324 e. The summed E-state index contributed by atoms with van der Waals surface area (Å²) in [5.74, 6) is 0.502. The molecule has 0 bridgehead atoms. The molecule has 0 saturated heterocycles. The molecule has 0 aromatic heterocycles. The lowest BCUT2D eigenvalue weighted by Gasteiger charge is -2.22. The Kier molecular flexibility index (Phi) is 3.94. The molecule has 1 aromatic carbocycles. The third kappa shape index (κ3) is 3.13. The van der Waals surface area contributed by atoms with Crippen LogP contribution in [-0.2, 0) is 10.0 Å². The van der Waals surface area contributed by atoms with Crippen molar-refractivity contribution >= 4 is 44.9 Å². The molecule has 0 fully saturated rings. The van der Waals surface area contributed by atoms with Gasteiger partial charge in [-0.1, -0.05) is 37.0 Å². The van der Waals surface area contributed by atoms with Crippen molar-refractivity contribution in [1.29, 1.82) is 0 Å². The van der Waals surface area contributed by atoms with Crippen molar-refractivity contribution in [2.75, 3.05) is 11.9 Å². The van der Waals surface area contributed by atoms with E-state index in [4.69, 9.17) is 23.2 Å². The molecule has 2 rings (SSSR count). The van der Waals surface area contributed by atoms with Crippen LogP contribution in [0.5, 0.6) is 0 Å². The van der Waals surface area contributed by atoms with E-state index in [1.165, 1.54) is 12.1 Å². The van der Waals surface area contributed by atoms with Gasteiger partial charge in [-0.15, -0.1) is 0 Å². The second-order valence-corrected chi connectivity index (χ2v) is 7.04. The predicted molar refractivity (Wildman–Crippen MR) is 77.5 cm³/mol. The lowest BCUT2D eigenvalue weighted by molar-refractivity contribution is 0.591. The van der Waals surface area contributed by atoms with Crippen LogP contribution < -0.4 is 10.0 Å². The van der Waals surface area contributed by atoms with Crippen LogP contribution in [-0.4, -0.2) is 20.9 Å². The van der Waals surface area contributed by atoms with Crippen LogP contribution in [0.25, 0.3) is 0 Å². The van der Waals surface area contributed by atoms with Crippen LogP contribution >= 0.6 is 23.2 Å². The SMILES string of the molecule is CC(C)CN=C1Nc2cc(Cl)cc(Cl)c2S(=O)(=O)N1. The van der Waals surface area contributed by atoms with Gasteiger partial charge in [0.15, 0.2) is 0 Å². The fourth-order valence-corrected chi connectivity index (χ4v) is 3.59. The van der Waals surface area contributed by atoms with E-state index < -0.39 is 10.0 Å². The Bertz CT molecular complexity index is 642. The molecule has 0 radical (unpaired) electrons. The quantitative estimate of drug-likeness (QED) is 0.879. The van der Waals surface area contributed by atoms with Gasteiger partial charge in [-0.05, 0) is 18.1 Å². The minimum Gasteiger partial charge on any atom is -0.324 e. The van der Waals surface area contributed by atoms with Crippen molar-refractivity contribution in [3.63, 3.8) is 0 Å². The number of halogens is 2. The highest BCUT2D eigenvalue weighted by Crippen LogP contribution is 2.34. The number of sulfonamides is 1. The van der Waals surface area contributed by atoms with E-state index >= 15 is 0 Å². The molecule has 8 heteroatoms. The standard InChI is InChI=1S/C11H13Cl2N3O2S/c1-6(2)5-14-11-15-9-4-7(12)3-8(13)10(9)19(17,18)16-11/h3-4,6H,5H2,1-2H3,(H2,14,15,16). The van der Waals surface area contributed by atoms with Crippen molar-refractivity contribution in [3.05, 3.63) is 22.2 Å². The Balaban J connectivity index is 2.48. The molecule has 1 aliphatic rings. The topological polar surface area (TPSA) is 70.6 Å². The number of rotatable bonds is 2. The lowest BCUT2D eigenvalue weighted by atomic mass is 10.2. The first-order chi connectivity index (χ1) is 8.79. The minimum atomic E-state index is -3.72. The molecular formula is C11H13Cl2N3O2S. The Morgan fingerprint density at radius 2 is 2.00 bits per heavy atom. The average molecular weight is 322 g/mol. The molecule has 19 heavy (non-hydrogen) atoms. The summed E-state index contributed by atoms with van der Waals surface area (Å²) >= 11 is 11.8. The summed E-state index contributed by atoms with van der Waals surface area (Å²) in [6, 6.07) is 2.89. The van der Waals surface area contributed by atoms with Gasteiger partial charge in [-0.3, -0.25) is 4.99 Å². The van der Waals surface area contributed by atoms with Gasteiger partial charge in [0.1, 0.15) is 4.90 Å². The molecule has 0 amide bonds. The fraction of sp³-hybridized carbons (Fsp3) is 0.364. The Morgan fingerprint density at radius 3 is 2.63 bits per heavy atom. The number of nitrogens with one attached hydrogen (secondary N) is 2. The van der Waals surface area contributed by atoms with E-state index in [0.717, 1.165) is 0 Å². The summed E-state index contributed by atoms with van der Waals surface area (Å²) in [6.07, 6.45) is 0. The molecule has 0 saturated carbocycles. The van der Waals surface area contributed by atoms with Gasteiger partial charge in [-0.25, -0.2) is 13.1 Å². The molecule has 1 heterocycles. The van der Waals surface area contributed by atoms with E-state index in [-0.39, 0.29) is 15.9 Å². The van der Waals surface area contributed by atoms with E-state index in [1.807, 2.05) is 13.8 Å². The molecule has 5 nitrogen and oxygen atoms in total. The highest BCUT2D eigenvalue weighted by molar-refractivity contribution is 7.90. The number of aliphatic imine (C=N–C) groups is 1. The van der Waals surface area contributed by atoms with Crippen molar-refractivity contribution in [3.8, 4) is 0 Å². The first-order valence-electron chi connectivity index (χ1n) is 5.63. The van der Waals surface area contributed by atoms with Crippen LogP contribution in [0.2, 0.25) is 10.0 Å². The van der Waals surface area contributed by atoms with E-state index in [9.17, 15) is 8.42 Å². The molecule has 104 valence electrons. The van der Waals surface area contributed by atoms with Gasteiger partial charge >= 0.3 is 0 Å². The Hall–Kier alpha value is -0.980. The van der Waals surface area contributed by atoms with Crippen LogP contribution in [0.1, 0.15) is 13.8 Å². The number of nitrogens with zero attached hydrogens (tertiary/aromatic N) is 1. The number of benzene rings is 1. The number of anilines is 1. The van der Waals surface area contributed by atoms with Gasteiger partial charge < -0.3 is 5.32 Å². The fourth-order valence-electron chi connectivity index (χ4n) is 1.60. The van der Waals surface area contributed by atoms with Crippen LogP contribution in [0.3, 0.4) is 0 Å². The Labute approximate surface area is 122 Å². The summed E-state index contributed by atoms with van der Waals surface area (Å²) in [5, 5.41) is 3.31. The summed E-state index contributed by atoms with van der Waals surface area (Å²) in [5.41, 5.74) is 0.332. The van der Waals surface area contributed by atoms with E-state index in [2.05, 4.69) is 15.0 Å². The maximum absolute atomic E-state index is 12.1. The van der Waals surface area contributed by atoms with Gasteiger partial charge in [0.25, 0.3) is 10.0 Å². The molecule has 0 atom stereocenters. The maximum atomic E-state index is 12.1. The monoisotopic (exact) mass is 321 g/mol. The molecule has 2 N–H and O–H groups in total. The van der Waals surface area contributed by atoms with E-state index in [1.54, 1.807) is 0 Å². The second-order valence-electron chi connectivity index (χ2n) is 4.58. The predicted octanol–water partition coefficient (Wildman–Crippen LogP) is 2.71. The number of fused-ring (bicyclic) bond motifs is 1. The average Bonchev–Trinajstić information content (AvgIpc) is 2.23. The highest BCUT2D eigenvalue weighted by Gasteiger charge is 2.29. The van der Waals surface area contributed by atoms with Crippen LogP contribution in [0.15, 0.2) is 22.0 Å². The van der Waals surface area contributed by atoms with E-state index in [0.29, 0.717) is 23.2 Å². The maximum Gasteiger partial charge on any atom is 0.267 e. The number of hydrogen-bond acceptors (Lipinski definition) is 3. The number of hydrogen-bond donors (Lipinski definition) is 2. The minimum absolute atomic E-state index is 0.0120. The zero-order valence-corrected chi connectivity index (χ0v) is 12.7. The lowest BCUT2D eigenvalue weighted by Crippen LogP contribution is -2.41. The summed E-state index contributed by atoms with van der Waals surface area (Å²) < 4.78 is 26.5. The van der Waals surface area contributed by atoms with Crippen molar-refractivity contribution in [2.24, 2.45) is 10.9 Å². The zero-order chi connectivity index (χ0) is 14.2. The summed E-state index contributed by atoms with van der Waals surface area (Å²) in [6.45, 7) is 4.49.